The summed E-state index contributed by atoms with van der Waals surface area (Å²) in [5.41, 5.74) is 2.24. The van der Waals surface area contributed by atoms with E-state index in [4.69, 9.17) is 11.6 Å². The number of aromatic nitrogens is 2. The molecule has 2 N–H and O–H groups in total. The first kappa shape index (κ1) is 18.1. The van der Waals surface area contributed by atoms with Crippen LogP contribution in [0.3, 0.4) is 0 Å². The molecule has 1 aromatic heterocycles. The van der Waals surface area contributed by atoms with Gasteiger partial charge in [0.2, 0.25) is 5.95 Å². The van der Waals surface area contributed by atoms with Crippen LogP contribution in [0.15, 0.2) is 48.5 Å². The van der Waals surface area contributed by atoms with Crippen molar-refractivity contribution >= 4 is 29.1 Å². The molecule has 0 aliphatic rings. The number of hydrogen-bond acceptors (Lipinski definition) is 4. The van der Waals surface area contributed by atoms with Crippen molar-refractivity contribution in [2.45, 2.75) is 13.3 Å². The van der Waals surface area contributed by atoms with E-state index in [1.54, 1.807) is 0 Å². The first-order chi connectivity index (χ1) is 12.5. The third-order valence-corrected chi connectivity index (χ3v) is 3.87. The Hall–Kier alpha value is -2.73. The van der Waals surface area contributed by atoms with Crippen molar-refractivity contribution in [3.63, 3.8) is 0 Å². The molecule has 0 unspecified atom stereocenters. The van der Waals surface area contributed by atoms with Gasteiger partial charge in [-0.25, -0.2) is 13.8 Å². The van der Waals surface area contributed by atoms with Crippen molar-refractivity contribution in [3.05, 3.63) is 76.4 Å². The average molecular weight is 375 g/mol. The number of hydrogen-bond donors (Lipinski definition) is 2. The van der Waals surface area contributed by atoms with E-state index in [2.05, 4.69) is 20.6 Å². The number of halogens is 3. The van der Waals surface area contributed by atoms with Gasteiger partial charge in [0.05, 0.1) is 0 Å². The van der Waals surface area contributed by atoms with Crippen molar-refractivity contribution in [1.29, 1.82) is 0 Å². The minimum Gasteiger partial charge on any atom is -0.370 e. The summed E-state index contributed by atoms with van der Waals surface area (Å²) in [6, 6.07) is 13.0. The molecule has 26 heavy (non-hydrogen) atoms. The lowest BCUT2D eigenvalue weighted by Gasteiger charge is -2.10. The van der Waals surface area contributed by atoms with Crippen LogP contribution < -0.4 is 10.6 Å². The van der Waals surface area contributed by atoms with Gasteiger partial charge in [-0.15, -0.1) is 0 Å². The summed E-state index contributed by atoms with van der Waals surface area (Å²) in [5, 5.41) is 6.82. The summed E-state index contributed by atoms with van der Waals surface area (Å²) in [7, 11) is 0. The topological polar surface area (TPSA) is 49.8 Å². The molecule has 0 aliphatic heterocycles. The SMILES string of the molecule is Cc1cc(NCCc2cccc(Cl)c2)nc(Nc2ccc(F)c(F)c2)n1. The van der Waals surface area contributed by atoms with Crippen molar-refractivity contribution in [3.8, 4) is 0 Å². The molecule has 7 heteroatoms. The number of rotatable bonds is 6. The normalized spacial score (nSPS) is 10.6. The smallest absolute Gasteiger partial charge is 0.229 e. The molecular formula is C19H17ClF2N4. The monoisotopic (exact) mass is 374 g/mol. The fourth-order valence-corrected chi connectivity index (χ4v) is 2.66. The predicted molar refractivity (Wildman–Crippen MR) is 100 cm³/mol. The maximum Gasteiger partial charge on any atom is 0.229 e. The molecule has 0 atom stereocenters. The molecule has 0 amide bonds. The highest BCUT2D eigenvalue weighted by Gasteiger charge is 2.06. The average Bonchev–Trinajstić information content (AvgIpc) is 2.58. The summed E-state index contributed by atoms with van der Waals surface area (Å²) in [4.78, 5) is 8.62. The third kappa shape index (κ3) is 4.89. The lowest BCUT2D eigenvalue weighted by Crippen LogP contribution is -2.08. The number of aryl methyl sites for hydroxylation is 1. The van der Waals surface area contributed by atoms with Crippen LogP contribution in [0, 0.1) is 18.6 Å². The van der Waals surface area contributed by atoms with Crippen LogP contribution in [0.25, 0.3) is 0 Å². The van der Waals surface area contributed by atoms with Crippen molar-refractivity contribution in [2.24, 2.45) is 0 Å². The second-order valence-corrected chi connectivity index (χ2v) is 6.22. The van der Waals surface area contributed by atoms with E-state index in [0.29, 0.717) is 29.0 Å². The lowest BCUT2D eigenvalue weighted by atomic mass is 10.1. The molecule has 0 fully saturated rings. The molecule has 0 saturated carbocycles. The summed E-state index contributed by atoms with van der Waals surface area (Å²) < 4.78 is 26.3. The Labute approximate surface area is 155 Å². The zero-order valence-electron chi connectivity index (χ0n) is 14.1. The van der Waals surface area contributed by atoms with E-state index in [0.717, 1.165) is 29.8 Å². The molecule has 0 saturated heterocycles. The van der Waals surface area contributed by atoms with E-state index >= 15 is 0 Å². The van der Waals surface area contributed by atoms with Gasteiger partial charge in [-0.2, -0.15) is 4.98 Å². The Morgan fingerprint density at radius 2 is 1.85 bits per heavy atom. The number of nitrogens with one attached hydrogen (secondary N) is 2. The highest BCUT2D eigenvalue weighted by molar-refractivity contribution is 6.30. The second kappa shape index (κ2) is 8.10. The fraction of sp³-hybridized carbons (Fsp3) is 0.158. The number of benzene rings is 2. The van der Waals surface area contributed by atoms with Gasteiger partial charge in [-0.05, 0) is 43.2 Å². The molecule has 0 radical (unpaired) electrons. The van der Waals surface area contributed by atoms with Gasteiger partial charge in [0.1, 0.15) is 5.82 Å². The quantitative estimate of drug-likeness (QED) is 0.629. The summed E-state index contributed by atoms with van der Waals surface area (Å²) in [6.07, 6.45) is 0.787. The molecule has 1 heterocycles. The van der Waals surface area contributed by atoms with Gasteiger partial charge < -0.3 is 10.6 Å². The van der Waals surface area contributed by atoms with Gasteiger partial charge in [0.15, 0.2) is 11.6 Å². The van der Waals surface area contributed by atoms with Gasteiger partial charge in [0.25, 0.3) is 0 Å². The molecule has 3 aromatic rings. The van der Waals surface area contributed by atoms with Crippen LogP contribution in [0.4, 0.5) is 26.2 Å². The fourth-order valence-electron chi connectivity index (χ4n) is 2.45. The van der Waals surface area contributed by atoms with Crippen molar-refractivity contribution in [2.75, 3.05) is 17.2 Å². The Kier molecular flexibility index (Phi) is 5.63. The molecular weight excluding hydrogens is 358 g/mol. The van der Waals surface area contributed by atoms with E-state index in [-0.39, 0.29) is 0 Å². The highest BCUT2D eigenvalue weighted by atomic mass is 35.5. The predicted octanol–water partition coefficient (Wildman–Crippen LogP) is 5.11. The maximum absolute atomic E-state index is 13.3. The van der Waals surface area contributed by atoms with Gasteiger partial charge in [0, 0.05) is 35.1 Å². The second-order valence-electron chi connectivity index (χ2n) is 5.78. The minimum absolute atomic E-state index is 0.307. The van der Waals surface area contributed by atoms with Gasteiger partial charge in [-0.1, -0.05) is 23.7 Å². The standard InChI is InChI=1S/C19H17ClF2N4/c1-12-9-18(23-8-7-13-3-2-4-14(20)10-13)26-19(24-12)25-15-5-6-16(21)17(22)11-15/h2-6,9-11H,7-8H2,1H3,(H2,23,24,25,26). The van der Waals surface area contributed by atoms with E-state index in [9.17, 15) is 8.78 Å². The van der Waals surface area contributed by atoms with E-state index in [1.807, 2.05) is 37.3 Å². The van der Waals surface area contributed by atoms with Crippen molar-refractivity contribution < 1.29 is 8.78 Å². The summed E-state index contributed by atoms with van der Waals surface area (Å²) in [6.45, 7) is 2.50. The zero-order chi connectivity index (χ0) is 18.5. The molecule has 4 nitrogen and oxygen atoms in total. The molecule has 0 aliphatic carbocycles. The highest BCUT2D eigenvalue weighted by Crippen LogP contribution is 2.18. The third-order valence-electron chi connectivity index (χ3n) is 3.64. The molecule has 2 aromatic carbocycles. The van der Waals surface area contributed by atoms with Gasteiger partial charge in [-0.3, -0.25) is 0 Å². The number of nitrogens with zero attached hydrogens (tertiary/aromatic N) is 2. The lowest BCUT2D eigenvalue weighted by molar-refractivity contribution is 0.509. The van der Waals surface area contributed by atoms with E-state index < -0.39 is 11.6 Å². The first-order valence-corrected chi connectivity index (χ1v) is 8.43. The molecule has 0 spiro atoms. The van der Waals surface area contributed by atoms with Crippen molar-refractivity contribution in [1.82, 2.24) is 9.97 Å². The van der Waals surface area contributed by atoms with Crippen LogP contribution in [-0.2, 0) is 6.42 Å². The molecule has 3 rings (SSSR count). The molecule has 0 bridgehead atoms. The summed E-state index contributed by atoms with van der Waals surface area (Å²) in [5.74, 6) is -0.877. The zero-order valence-corrected chi connectivity index (χ0v) is 14.8. The van der Waals surface area contributed by atoms with Crippen LogP contribution in [0.1, 0.15) is 11.3 Å². The van der Waals surface area contributed by atoms with Crippen LogP contribution >= 0.6 is 11.6 Å². The summed E-state index contributed by atoms with van der Waals surface area (Å²) >= 11 is 5.98. The van der Waals surface area contributed by atoms with Crippen LogP contribution in [0.5, 0.6) is 0 Å². The Balaban J connectivity index is 1.66. The number of anilines is 3. The Bertz CT molecular complexity index is 918. The van der Waals surface area contributed by atoms with Gasteiger partial charge >= 0.3 is 0 Å². The Morgan fingerprint density at radius 3 is 2.62 bits per heavy atom. The maximum atomic E-state index is 13.3. The van der Waals surface area contributed by atoms with Crippen LogP contribution in [-0.4, -0.2) is 16.5 Å². The first-order valence-electron chi connectivity index (χ1n) is 8.06. The molecule has 134 valence electrons. The largest absolute Gasteiger partial charge is 0.370 e. The minimum atomic E-state index is -0.928. The Morgan fingerprint density at radius 1 is 1.00 bits per heavy atom. The van der Waals surface area contributed by atoms with Crippen LogP contribution in [0.2, 0.25) is 5.02 Å². The van der Waals surface area contributed by atoms with E-state index in [1.165, 1.54) is 6.07 Å².